The van der Waals surface area contributed by atoms with E-state index in [4.69, 9.17) is 5.73 Å². The Labute approximate surface area is 120 Å². The first kappa shape index (κ1) is 13.1. The first-order valence-corrected chi connectivity index (χ1v) is 6.36. The van der Waals surface area contributed by atoms with Crippen molar-refractivity contribution in [1.82, 2.24) is 10.3 Å². The topological polar surface area (TPSA) is 80.0 Å². The Morgan fingerprint density at radius 1 is 1.33 bits per heavy atom. The quantitative estimate of drug-likeness (QED) is 0.751. The molecule has 0 radical (unpaired) electrons. The van der Waals surface area contributed by atoms with Gasteiger partial charge in [0, 0.05) is 23.5 Å². The average Bonchev–Trinajstić information content (AvgIpc) is 2.47. The largest absolute Gasteiger partial charge is 0.366 e. The van der Waals surface area contributed by atoms with Crippen LogP contribution in [0.25, 0.3) is 10.9 Å². The minimum atomic E-state index is -2.26. The molecular weight excluding hydrogens is 271 g/mol. The van der Waals surface area contributed by atoms with Gasteiger partial charge in [0.1, 0.15) is 0 Å². The number of hydrogen-bond acceptors (Lipinski definition) is 4. The van der Waals surface area contributed by atoms with Gasteiger partial charge in [-0.1, -0.05) is 18.2 Å². The van der Waals surface area contributed by atoms with Gasteiger partial charge in [0.15, 0.2) is 0 Å². The number of halogens is 1. The van der Waals surface area contributed by atoms with Crippen LogP contribution < -0.4 is 16.4 Å². The number of nitrogens with zero attached hydrogens (tertiary/aromatic N) is 1. The van der Waals surface area contributed by atoms with Crippen molar-refractivity contribution in [3.05, 3.63) is 60.5 Å². The van der Waals surface area contributed by atoms with Crippen molar-refractivity contribution in [2.24, 2.45) is 5.73 Å². The summed E-state index contributed by atoms with van der Waals surface area (Å²) in [6, 6.07) is 8.97. The van der Waals surface area contributed by atoms with Crippen LogP contribution in [0.1, 0.15) is 0 Å². The molecule has 0 spiro atoms. The summed E-state index contributed by atoms with van der Waals surface area (Å²) in [6.07, 6.45) is 5.84. The number of amides is 1. The molecule has 106 valence electrons. The van der Waals surface area contributed by atoms with Crippen LogP contribution in [0.4, 0.5) is 10.1 Å². The Morgan fingerprint density at radius 3 is 2.95 bits per heavy atom. The molecule has 1 unspecified atom stereocenters. The number of carbonyl (C=O) groups is 1. The van der Waals surface area contributed by atoms with Gasteiger partial charge in [0.2, 0.25) is 0 Å². The lowest BCUT2D eigenvalue weighted by atomic mass is 10.1. The van der Waals surface area contributed by atoms with Crippen LogP contribution in [-0.4, -0.2) is 16.8 Å². The number of primary amides is 1. The van der Waals surface area contributed by atoms with E-state index in [0.717, 1.165) is 10.9 Å². The molecule has 1 aliphatic rings. The lowest BCUT2D eigenvalue weighted by Crippen LogP contribution is -2.51. The highest BCUT2D eigenvalue weighted by atomic mass is 19.1. The Hall–Kier alpha value is -2.89. The van der Waals surface area contributed by atoms with E-state index in [1.807, 2.05) is 24.3 Å². The van der Waals surface area contributed by atoms with Crippen molar-refractivity contribution in [1.29, 1.82) is 0 Å². The molecule has 0 bridgehead atoms. The number of anilines is 1. The molecule has 2 aromatic rings. The zero-order valence-electron chi connectivity index (χ0n) is 11.0. The molecule has 3 rings (SSSR count). The summed E-state index contributed by atoms with van der Waals surface area (Å²) in [6.45, 7) is 0. The molecule has 1 aliphatic heterocycles. The van der Waals surface area contributed by atoms with Gasteiger partial charge in [-0.05, 0) is 24.3 Å². The maximum atomic E-state index is 15.0. The second-order valence-electron chi connectivity index (χ2n) is 4.61. The van der Waals surface area contributed by atoms with Gasteiger partial charge in [-0.15, -0.1) is 0 Å². The molecule has 1 atom stereocenters. The lowest BCUT2D eigenvalue weighted by molar-refractivity contribution is -0.115. The van der Waals surface area contributed by atoms with E-state index >= 15 is 4.39 Å². The van der Waals surface area contributed by atoms with Crippen LogP contribution in [0.2, 0.25) is 0 Å². The van der Waals surface area contributed by atoms with Gasteiger partial charge < -0.3 is 16.4 Å². The summed E-state index contributed by atoms with van der Waals surface area (Å²) in [7, 11) is 0. The minimum absolute atomic E-state index is 0.189. The Kier molecular flexibility index (Phi) is 3.06. The number of aromatic nitrogens is 1. The van der Waals surface area contributed by atoms with Crippen LogP contribution in [0, 0.1) is 0 Å². The average molecular weight is 284 g/mol. The number of rotatable bonds is 3. The fourth-order valence-corrected chi connectivity index (χ4v) is 2.25. The smallest absolute Gasteiger partial charge is 0.287 e. The van der Waals surface area contributed by atoms with Crippen molar-refractivity contribution < 1.29 is 9.18 Å². The van der Waals surface area contributed by atoms with Crippen molar-refractivity contribution in [3.63, 3.8) is 0 Å². The molecule has 1 aromatic carbocycles. The predicted molar refractivity (Wildman–Crippen MR) is 78.8 cm³/mol. The number of carbonyl (C=O) groups excluding carboxylic acids is 1. The van der Waals surface area contributed by atoms with E-state index in [-0.39, 0.29) is 5.57 Å². The third kappa shape index (κ3) is 2.31. The van der Waals surface area contributed by atoms with Crippen LogP contribution >= 0.6 is 0 Å². The number of hydrogen-bond donors (Lipinski definition) is 3. The van der Waals surface area contributed by atoms with Crippen LogP contribution in [0.5, 0.6) is 0 Å². The predicted octanol–water partition coefficient (Wildman–Crippen LogP) is 1.80. The summed E-state index contributed by atoms with van der Waals surface area (Å²) < 4.78 is 15.0. The molecule has 6 heteroatoms. The van der Waals surface area contributed by atoms with Gasteiger partial charge in [-0.25, -0.2) is 0 Å². The van der Waals surface area contributed by atoms with Gasteiger partial charge in [-0.2, -0.15) is 4.39 Å². The van der Waals surface area contributed by atoms with E-state index in [2.05, 4.69) is 15.6 Å². The van der Waals surface area contributed by atoms with E-state index in [9.17, 15) is 4.79 Å². The summed E-state index contributed by atoms with van der Waals surface area (Å²) in [5.74, 6) is -3.09. The molecule has 21 heavy (non-hydrogen) atoms. The number of dihydropyridines is 1. The summed E-state index contributed by atoms with van der Waals surface area (Å²) in [4.78, 5) is 15.6. The monoisotopic (exact) mass is 284 g/mol. The molecule has 2 heterocycles. The molecule has 1 aromatic heterocycles. The molecular formula is C15H13FN4O. The molecule has 0 aliphatic carbocycles. The fraction of sp³-hybridized carbons (Fsp3) is 0.0667. The Bertz CT molecular complexity index is 766. The molecule has 1 amide bonds. The maximum Gasteiger partial charge on any atom is 0.287 e. The number of allylic oxidation sites excluding steroid dienone is 2. The van der Waals surface area contributed by atoms with E-state index in [1.165, 1.54) is 18.4 Å². The van der Waals surface area contributed by atoms with Gasteiger partial charge in [-0.3, -0.25) is 9.78 Å². The Morgan fingerprint density at radius 2 is 2.14 bits per heavy atom. The number of pyridine rings is 1. The van der Waals surface area contributed by atoms with Crippen molar-refractivity contribution in [2.45, 2.75) is 5.92 Å². The molecule has 5 nitrogen and oxygen atoms in total. The summed E-state index contributed by atoms with van der Waals surface area (Å²) in [5.41, 5.74) is 6.28. The number of nitrogens with two attached hydrogens (primary N) is 1. The number of nitrogens with one attached hydrogen (secondary N) is 2. The first-order chi connectivity index (χ1) is 10.1. The Balaban J connectivity index is 2.04. The van der Waals surface area contributed by atoms with Crippen LogP contribution in [0.15, 0.2) is 60.5 Å². The summed E-state index contributed by atoms with van der Waals surface area (Å²) in [5, 5.41) is 5.93. The van der Waals surface area contributed by atoms with Gasteiger partial charge >= 0.3 is 0 Å². The van der Waals surface area contributed by atoms with Crippen molar-refractivity contribution in [2.75, 3.05) is 5.32 Å². The van der Waals surface area contributed by atoms with Crippen molar-refractivity contribution >= 4 is 22.5 Å². The van der Waals surface area contributed by atoms with Gasteiger partial charge in [0.25, 0.3) is 11.8 Å². The normalized spacial score (nSPS) is 20.7. The highest BCUT2D eigenvalue weighted by Crippen LogP contribution is 2.28. The number of alkyl halides is 1. The number of fused-ring (bicyclic) bond motifs is 1. The SMILES string of the molecule is NC(=O)C1=CC=CNC1(F)Nc1ccnc2ccccc12. The summed E-state index contributed by atoms with van der Waals surface area (Å²) >= 11 is 0. The second-order valence-corrected chi connectivity index (χ2v) is 4.61. The number of para-hydroxylation sites is 1. The lowest BCUT2D eigenvalue weighted by Gasteiger charge is -2.31. The highest BCUT2D eigenvalue weighted by Gasteiger charge is 2.38. The highest BCUT2D eigenvalue weighted by molar-refractivity contribution is 5.97. The molecule has 0 saturated carbocycles. The van der Waals surface area contributed by atoms with E-state index in [1.54, 1.807) is 12.3 Å². The third-order valence-electron chi connectivity index (χ3n) is 3.23. The van der Waals surface area contributed by atoms with E-state index in [0.29, 0.717) is 5.69 Å². The minimum Gasteiger partial charge on any atom is -0.366 e. The van der Waals surface area contributed by atoms with Crippen LogP contribution in [0.3, 0.4) is 0 Å². The third-order valence-corrected chi connectivity index (χ3v) is 3.23. The number of benzene rings is 1. The van der Waals surface area contributed by atoms with Crippen molar-refractivity contribution in [3.8, 4) is 0 Å². The standard InChI is InChI=1S/C15H13FN4O/c16-15(11(14(17)21)5-3-8-19-15)20-13-7-9-18-12-6-2-1-4-10(12)13/h1-9,19H,(H2,17,21)(H,18,20). The fourth-order valence-electron chi connectivity index (χ4n) is 2.25. The molecule has 4 N–H and O–H groups in total. The second kappa shape index (κ2) is 4.90. The zero-order chi connectivity index (χ0) is 14.9. The van der Waals surface area contributed by atoms with Gasteiger partial charge in [0.05, 0.1) is 11.1 Å². The molecule has 0 fully saturated rings. The maximum absolute atomic E-state index is 15.0. The zero-order valence-corrected chi connectivity index (χ0v) is 11.0. The molecule has 0 saturated heterocycles. The first-order valence-electron chi connectivity index (χ1n) is 6.36. The van der Waals surface area contributed by atoms with Crippen LogP contribution in [-0.2, 0) is 4.79 Å². The van der Waals surface area contributed by atoms with E-state index < -0.39 is 11.8 Å².